The molecule has 0 saturated carbocycles. The van der Waals surface area contributed by atoms with Crippen LogP contribution >= 0.6 is 0 Å². The molecule has 0 amide bonds. The van der Waals surface area contributed by atoms with Gasteiger partial charge in [0, 0.05) is 10.8 Å². The second kappa shape index (κ2) is 14.1. The topological polar surface area (TPSA) is 13.1 Å². The fourth-order valence-electron chi connectivity index (χ4n) is 11.5. The summed E-state index contributed by atoms with van der Waals surface area (Å²) in [6.45, 7) is 0. The minimum absolute atomic E-state index is 0.963. The Hall–Kier alpha value is -4.82. The number of rotatable bonds is 2. The quantitative estimate of drug-likeness (QED) is 0.0969. The maximum absolute atomic E-state index is 6.92. The van der Waals surface area contributed by atoms with Crippen molar-refractivity contribution in [3.63, 3.8) is 0 Å². The highest BCUT2D eigenvalue weighted by atomic mass is 16.3. The van der Waals surface area contributed by atoms with Crippen molar-refractivity contribution >= 4 is 302 Å². The highest BCUT2D eigenvalue weighted by Crippen LogP contribution is 2.44. The molecule has 0 N–H and O–H groups in total. The van der Waals surface area contributed by atoms with E-state index in [0.717, 1.165) is 11.2 Å². The molecule has 1 nitrogen and oxygen atoms in total. The van der Waals surface area contributed by atoms with Crippen LogP contribution in [-0.4, -0.2) is 133 Å². The third-order valence-corrected chi connectivity index (χ3v) is 16.3. The summed E-state index contributed by atoms with van der Waals surface area (Å²) in [7, 11) is 38.9. The van der Waals surface area contributed by atoms with Crippen LogP contribution in [0.2, 0.25) is 0 Å². The van der Waals surface area contributed by atoms with E-state index in [2.05, 4.69) is 188 Å². The summed E-state index contributed by atoms with van der Waals surface area (Å²) >= 11 is 0. The van der Waals surface area contributed by atoms with E-state index in [0.29, 0.717) is 0 Å². The zero-order valence-electron chi connectivity index (χ0n) is 40.1. The summed E-state index contributed by atoms with van der Waals surface area (Å²) in [5.41, 5.74) is 29.8. The van der Waals surface area contributed by atoms with Crippen LogP contribution in [0.5, 0.6) is 0 Å². The Bertz CT molecular complexity index is 3710. The van der Waals surface area contributed by atoms with Crippen LogP contribution in [-0.2, 0) is 0 Å². The molecule has 0 saturated heterocycles. The summed E-state index contributed by atoms with van der Waals surface area (Å²) in [6, 6.07) is 22.2. The molecule has 0 aliphatic carbocycles. The van der Waals surface area contributed by atoms with Gasteiger partial charge in [-0.3, -0.25) is 0 Å². The van der Waals surface area contributed by atoms with Crippen LogP contribution in [0.25, 0.3) is 98.1 Å². The van der Waals surface area contributed by atoms with Gasteiger partial charge in [0.15, 0.2) is 0 Å². The predicted molar refractivity (Wildman–Crippen MR) is 331 cm³/mol. The number of fused-ring (bicyclic) bond motifs is 11. The van der Waals surface area contributed by atoms with Crippen LogP contribution in [0, 0.1) is 0 Å². The maximum Gasteiger partial charge on any atom is 0.143 e. The molecule has 10 aromatic rings. The summed E-state index contributed by atoms with van der Waals surface area (Å²) in [6.07, 6.45) is 0. The number of hydrogen-bond donors (Lipinski definition) is 0. The number of benzene rings is 9. The van der Waals surface area contributed by atoms with Crippen molar-refractivity contribution in [1.29, 1.82) is 0 Å². The highest BCUT2D eigenvalue weighted by molar-refractivity contribution is 6.71. The van der Waals surface area contributed by atoms with Gasteiger partial charge in [0.05, 0.1) is 0 Å². The Morgan fingerprint density at radius 3 is 1.11 bits per heavy atom. The van der Waals surface area contributed by atoms with E-state index >= 15 is 0 Å². The first-order valence-corrected chi connectivity index (χ1v) is 22.6. The smallest absolute Gasteiger partial charge is 0.143 e. The molecule has 0 fully saturated rings. The van der Waals surface area contributed by atoms with E-state index in [4.69, 9.17) is 4.42 Å². The lowest BCUT2D eigenvalue weighted by molar-refractivity contribution is 0.672. The van der Waals surface area contributed by atoms with E-state index in [9.17, 15) is 0 Å². The molecular formula is C44H43B17O. The molecule has 0 spiro atoms. The summed E-state index contributed by atoms with van der Waals surface area (Å²) in [4.78, 5) is 0. The molecule has 0 aliphatic heterocycles. The first kappa shape index (κ1) is 41.2. The van der Waals surface area contributed by atoms with Gasteiger partial charge < -0.3 is 4.42 Å². The van der Waals surface area contributed by atoms with E-state index in [1.165, 1.54) is 180 Å². The second-order valence-corrected chi connectivity index (χ2v) is 19.5. The normalized spacial score (nSPS) is 12.0. The SMILES string of the molecule is Bc1cc2c(-c3cc(B)c4c(c3)oc3c(B)c(B)c(B)c(B)c34)c3cc(B)c(B)cc3c(-c3cc(B)c4c5cc(B)c(B)c(B)c5c5c(B)c(B)c(B)c(B)c5c4c3)c2cc1B. The molecule has 1 heterocycles. The van der Waals surface area contributed by atoms with Crippen LogP contribution in [0.4, 0.5) is 0 Å². The molecule has 0 unspecified atom stereocenters. The number of furan rings is 1. The van der Waals surface area contributed by atoms with E-state index < -0.39 is 0 Å². The zero-order chi connectivity index (χ0) is 44.3. The van der Waals surface area contributed by atoms with E-state index in [1.54, 1.807) is 0 Å². The fraction of sp³-hybridized carbons (Fsp3) is 0. The lowest BCUT2D eigenvalue weighted by Crippen LogP contribution is -2.48. The molecule has 0 bridgehead atoms. The molecule has 0 aliphatic rings. The first-order chi connectivity index (χ1) is 29.3. The molecule has 0 radical (unpaired) electrons. The number of hydrogen-bond acceptors (Lipinski definition) is 1. The average Bonchev–Trinajstić information content (AvgIpc) is 3.63. The van der Waals surface area contributed by atoms with Crippen molar-refractivity contribution in [2.24, 2.45) is 0 Å². The monoisotopic (exact) mass is 774 g/mol. The fourth-order valence-corrected chi connectivity index (χ4v) is 11.5. The largest absolute Gasteiger partial charge is 0.457 e. The predicted octanol–water partition coefficient (Wildman–Crippen LogP) is -16.9. The molecule has 62 heavy (non-hydrogen) atoms. The van der Waals surface area contributed by atoms with Gasteiger partial charge in [-0.05, 0) is 88.2 Å². The Kier molecular flexibility index (Phi) is 9.37. The Labute approximate surface area is 381 Å². The maximum atomic E-state index is 6.92. The standard InChI is InChI=1S/C44H43B17O/c45-18-5-12-14(7-20(18)47)27(11-3-23(50)31-25(4-11)62-44-33(31)38(56)41(59)42(60)43(44)61)15-8-21(48)19(46)6-13(15)26(12)10-1-16-28(22(49)2-10)17-9-24(51)34(52)35(53)30(17)32-29(16)36(54)39(57)40(58)37(32)55/h1-9H,45-61H2. The molecule has 18 heteroatoms. The minimum atomic E-state index is 0.963. The Balaban J connectivity index is 1.39. The molecule has 9 aromatic carbocycles. The van der Waals surface area contributed by atoms with Crippen molar-refractivity contribution < 1.29 is 4.42 Å². The van der Waals surface area contributed by atoms with Crippen molar-refractivity contribution in [3.8, 4) is 22.3 Å². The van der Waals surface area contributed by atoms with Gasteiger partial charge in [-0.15, -0.1) is 21.9 Å². The van der Waals surface area contributed by atoms with Gasteiger partial charge in [-0.25, -0.2) is 0 Å². The molecule has 10 rings (SSSR count). The minimum Gasteiger partial charge on any atom is -0.457 e. The third kappa shape index (κ3) is 5.53. The summed E-state index contributed by atoms with van der Waals surface area (Å²) in [5, 5.41) is 16.0. The average molecular weight is 772 g/mol. The zero-order valence-corrected chi connectivity index (χ0v) is 40.1. The van der Waals surface area contributed by atoms with Gasteiger partial charge in [0.25, 0.3) is 0 Å². The van der Waals surface area contributed by atoms with Gasteiger partial charge in [-0.1, -0.05) is 113 Å². The lowest BCUT2D eigenvalue weighted by Gasteiger charge is -2.25. The van der Waals surface area contributed by atoms with Crippen LogP contribution in [0.15, 0.2) is 59.0 Å². The highest BCUT2D eigenvalue weighted by Gasteiger charge is 2.25. The van der Waals surface area contributed by atoms with E-state index in [-0.39, 0.29) is 0 Å². The van der Waals surface area contributed by atoms with Crippen LogP contribution < -0.4 is 92.9 Å². The lowest BCUT2D eigenvalue weighted by atomic mass is 9.61. The molecular weight excluding hydrogens is 728 g/mol. The first-order valence-electron chi connectivity index (χ1n) is 22.6. The van der Waals surface area contributed by atoms with Crippen LogP contribution in [0.1, 0.15) is 0 Å². The molecule has 0 atom stereocenters. The molecule has 276 valence electrons. The van der Waals surface area contributed by atoms with Crippen molar-refractivity contribution in [2.75, 3.05) is 0 Å². The Morgan fingerprint density at radius 1 is 0.242 bits per heavy atom. The van der Waals surface area contributed by atoms with Gasteiger partial charge in [0.2, 0.25) is 0 Å². The van der Waals surface area contributed by atoms with Gasteiger partial charge in [-0.2, -0.15) is 0 Å². The van der Waals surface area contributed by atoms with Crippen molar-refractivity contribution in [2.45, 2.75) is 0 Å². The summed E-state index contributed by atoms with van der Waals surface area (Å²) < 4.78 is 6.92. The van der Waals surface area contributed by atoms with Gasteiger partial charge in [0.1, 0.15) is 145 Å². The second-order valence-electron chi connectivity index (χ2n) is 19.5. The van der Waals surface area contributed by atoms with E-state index in [1.807, 2.05) is 0 Å². The van der Waals surface area contributed by atoms with Gasteiger partial charge >= 0.3 is 0 Å². The Morgan fingerprint density at radius 2 is 0.613 bits per heavy atom. The van der Waals surface area contributed by atoms with Crippen molar-refractivity contribution in [3.05, 3.63) is 54.6 Å². The van der Waals surface area contributed by atoms with Crippen molar-refractivity contribution in [1.82, 2.24) is 0 Å². The van der Waals surface area contributed by atoms with Crippen LogP contribution in [0.3, 0.4) is 0 Å². The molecule has 1 aromatic heterocycles. The summed E-state index contributed by atoms with van der Waals surface area (Å²) in [5.74, 6) is 0. The third-order valence-electron chi connectivity index (χ3n) is 16.3.